The van der Waals surface area contributed by atoms with E-state index >= 15 is 0 Å². The van der Waals surface area contributed by atoms with Gasteiger partial charge in [-0.3, -0.25) is 9.59 Å². The third kappa shape index (κ3) is 4.80. The number of aliphatic hydroxyl groups is 2. The highest BCUT2D eigenvalue weighted by Crippen LogP contribution is 2.14. The van der Waals surface area contributed by atoms with Gasteiger partial charge < -0.3 is 20.4 Å². The van der Waals surface area contributed by atoms with Crippen molar-refractivity contribution in [3.63, 3.8) is 0 Å². The Morgan fingerprint density at radius 3 is 2.30 bits per heavy atom. The number of amides is 2. The molecule has 0 aliphatic heterocycles. The lowest BCUT2D eigenvalue weighted by atomic mass is 10.2. The van der Waals surface area contributed by atoms with Gasteiger partial charge in [0.1, 0.15) is 0 Å². The van der Waals surface area contributed by atoms with E-state index in [4.69, 9.17) is 21.8 Å². The SMILES string of the molecule is O=C(NCC(=O)N(CCO)CCO)c1ccccc1Cl. The summed E-state index contributed by atoms with van der Waals surface area (Å²) in [4.78, 5) is 24.9. The topological polar surface area (TPSA) is 89.9 Å². The van der Waals surface area contributed by atoms with E-state index < -0.39 is 5.91 Å². The van der Waals surface area contributed by atoms with Crippen LogP contribution in [0.15, 0.2) is 24.3 Å². The van der Waals surface area contributed by atoms with Crippen molar-refractivity contribution in [2.45, 2.75) is 0 Å². The predicted octanol–water partition coefficient (Wildman–Crippen LogP) is -0.117. The fraction of sp³-hybridized carbons (Fsp3) is 0.385. The molecule has 0 bridgehead atoms. The van der Waals surface area contributed by atoms with Crippen LogP contribution in [0.25, 0.3) is 0 Å². The van der Waals surface area contributed by atoms with Crippen molar-refractivity contribution in [2.75, 3.05) is 32.8 Å². The number of halogens is 1. The molecular weight excluding hydrogens is 284 g/mol. The molecule has 0 heterocycles. The Labute approximate surface area is 122 Å². The molecule has 6 nitrogen and oxygen atoms in total. The van der Waals surface area contributed by atoms with Crippen molar-refractivity contribution in [3.8, 4) is 0 Å². The molecule has 0 radical (unpaired) electrons. The summed E-state index contributed by atoms with van der Waals surface area (Å²) < 4.78 is 0. The van der Waals surface area contributed by atoms with E-state index in [1.807, 2.05) is 0 Å². The maximum absolute atomic E-state index is 11.8. The van der Waals surface area contributed by atoms with Crippen molar-refractivity contribution in [1.82, 2.24) is 10.2 Å². The van der Waals surface area contributed by atoms with Crippen LogP contribution in [0.1, 0.15) is 10.4 Å². The minimum Gasteiger partial charge on any atom is -0.395 e. The lowest BCUT2D eigenvalue weighted by Crippen LogP contribution is -2.42. The molecule has 0 unspecified atom stereocenters. The van der Waals surface area contributed by atoms with Crippen molar-refractivity contribution in [1.29, 1.82) is 0 Å². The third-order valence-electron chi connectivity index (χ3n) is 2.61. The molecule has 0 saturated heterocycles. The number of nitrogens with zero attached hydrogens (tertiary/aromatic N) is 1. The molecular formula is C13H17ClN2O4. The molecule has 0 spiro atoms. The van der Waals surface area contributed by atoms with Crippen LogP contribution < -0.4 is 5.32 Å². The summed E-state index contributed by atoms with van der Waals surface area (Å²) in [5.74, 6) is -0.828. The van der Waals surface area contributed by atoms with Crippen molar-refractivity contribution in [3.05, 3.63) is 34.9 Å². The molecule has 0 aromatic heterocycles. The minimum absolute atomic E-state index is 0.112. The summed E-state index contributed by atoms with van der Waals surface area (Å²) in [5, 5.41) is 20.4. The van der Waals surface area contributed by atoms with Gasteiger partial charge in [-0.1, -0.05) is 23.7 Å². The molecule has 0 aliphatic rings. The largest absolute Gasteiger partial charge is 0.395 e. The van der Waals surface area contributed by atoms with Gasteiger partial charge in [-0.05, 0) is 12.1 Å². The van der Waals surface area contributed by atoms with Crippen molar-refractivity contribution >= 4 is 23.4 Å². The Hall–Kier alpha value is -1.63. The third-order valence-corrected chi connectivity index (χ3v) is 2.94. The summed E-state index contributed by atoms with van der Waals surface area (Å²) in [5.41, 5.74) is 0.290. The second kappa shape index (κ2) is 8.52. The Bertz CT molecular complexity index is 461. The highest BCUT2D eigenvalue weighted by atomic mass is 35.5. The van der Waals surface area contributed by atoms with Crippen LogP contribution in [0.4, 0.5) is 0 Å². The predicted molar refractivity (Wildman–Crippen MR) is 74.5 cm³/mol. The molecule has 0 saturated carbocycles. The molecule has 7 heteroatoms. The van der Waals surface area contributed by atoms with E-state index in [9.17, 15) is 9.59 Å². The first-order chi connectivity index (χ1) is 9.60. The number of benzene rings is 1. The second-order valence-corrected chi connectivity index (χ2v) is 4.40. The summed E-state index contributed by atoms with van der Waals surface area (Å²) in [6, 6.07) is 6.52. The molecule has 1 aromatic rings. The average molecular weight is 301 g/mol. The summed E-state index contributed by atoms with van der Waals surface area (Å²) in [6.07, 6.45) is 0. The highest BCUT2D eigenvalue weighted by Gasteiger charge is 2.15. The number of carbonyl (C=O) groups is 2. The van der Waals surface area contributed by atoms with Gasteiger partial charge in [0.05, 0.1) is 30.3 Å². The van der Waals surface area contributed by atoms with Gasteiger partial charge in [0.2, 0.25) is 5.91 Å². The first-order valence-corrected chi connectivity index (χ1v) is 6.50. The van der Waals surface area contributed by atoms with Gasteiger partial charge in [0.15, 0.2) is 0 Å². The molecule has 2 amide bonds. The average Bonchev–Trinajstić information content (AvgIpc) is 2.44. The van der Waals surface area contributed by atoms with Crippen LogP contribution in [0.3, 0.4) is 0 Å². The van der Waals surface area contributed by atoms with Crippen molar-refractivity contribution in [2.24, 2.45) is 0 Å². The molecule has 20 heavy (non-hydrogen) atoms. The van der Waals surface area contributed by atoms with Crippen molar-refractivity contribution < 1.29 is 19.8 Å². The van der Waals surface area contributed by atoms with Gasteiger partial charge in [-0.2, -0.15) is 0 Å². The number of hydrogen-bond acceptors (Lipinski definition) is 4. The molecule has 0 aliphatic carbocycles. The molecule has 0 fully saturated rings. The fourth-order valence-corrected chi connectivity index (χ4v) is 1.83. The van der Waals surface area contributed by atoms with E-state index in [1.54, 1.807) is 24.3 Å². The number of rotatable bonds is 7. The van der Waals surface area contributed by atoms with Gasteiger partial charge in [-0.25, -0.2) is 0 Å². The van der Waals surface area contributed by atoms with E-state index in [2.05, 4.69) is 5.32 Å². The monoisotopic (exact) mass is 300 g/mol. The van der Waals surface area contributed by atoms with E-state index in [0.717, 1.165) is 0 Å². The maximum atomic E-state index is 11.8. The molecule has 0 atom stereocenters. The minimum atomic E-state index is -0.447. The first-order valence-electron chi connectivity index (χ1n) is 6.12. The zero-order chi connectivity index (χ0) is 15.0. The molecule has 110 valence electrons. The lowest BCUT2D eigenvalue weighted by Gasteiger charge is -2.20. The summed E-state index contributed by atoms with van der Waals surface area (Å²) in [6.45, 7) is -0.402. The van der Waals surface area contributed by atoms with E-state index in [-0.39, 0.29) is 44.3 Å². The van der Waals surface area contributed by atoms with Crippen LogP contribution in [0, 0.1) is 0 Å². The normalized spacial score (nSPS) is 10.2. The zero-order valence-corrected chi connectivity index (χ0v) is 11.6. The summed E-state index contributed by atoms with van der Waals surface area (Å²) in [7, 11) is 0. The standard InChI is InChI=1S/C13H17ClN2O4/c14-11-4-2-1-3-10(11)13(20)15-9-12(19)16(5-7-17)6-8-18/h1-4,17-18H,5-9H2,(H,15,20). The molecule has 3 N–H and O–H groups in total. The van der Waals surface area contributed by atoms with Gasteiger partial charge in [-0.15, -0.1) is 0 Å². The van der Waals surface area contributed by atoms with Gasteiger partial charge in [0, 0.05) is 13.1 Å². The first kappa shape index (κ1) is 16.4. The second-order valence-electron chi connectivity index (χ2n) is 3.99. The van der Waals surface area contributed by atoms with Crippen LogP contribution in [-0.2, 0) is 4.79 Å². The maximum Gasteiger partial charge on any atom is 0.253 e. The van der Waals surface area contributed by atoms with Crippen LogP contribution in [-0.4, -0.2) is 59.8 Å². The Kier molecular flexibility index (Phi) is 7.00. The molecule has 1 rings (SSSR count). The number of hydrogen-bond donors (Lipinski definition) is 3. The summed E-state index contributed by atoms with van der Waals surface area (Å²) >= 11 is 5.87. The van der Waals surface area contributed by atoms with Crippen LogP contribution in [0.5, 0.6) is 0 Å². The number of carbonyl (C=O) groups excluding carboxylic acids is 2. The number of nitrogens with one attached hydrogen (secondary N) is 1. The van der Waals surface area contributed by atoms with Crippen LogP contribution in [0.2, 0.25) is 5.02 Å². The molecule has 1 aromatic carbocycles. The smallest absolute Gasteiger partial charge is 0.253 e. The van der Waals surface area contributed by atoms with Gasteiger partial charge >= 0.3 is 0 Å². The van der Waals surface area contributed by atoms with E-state index in [0.29, 0.717) is 5.02 Å². The Morgan fingerprint density at radius 2 is 1.75 bits per heavy atom. The fourth-order valence-electron chi connectivity index (χ4n) is 1.61. The number of aliphatic hydroxyl groups excluding tert-OH is 2. The van der Waals surface area contributed by atoms with Crippen LogP contribution >= 0.6 is 11.6 Å². The lowest BCUT2D eigenvalue weighted by molar-refractivity contribution is -0.131. The van der Waals surface area contributed by atoms with Gasteiger partial charge in [0.25, 0.3) is 5.91 Å². The highest BCUT2D eigenvalue weighted by molar-refractivity contribution is 6.33. The van der Waals surface area contributed by atoms with E-state index in [1.165, 1.54) is 4.90 Å². The zero-order valence-electron chi connectivity index (χ0n) is 10.9. The Morgan fingerprint density at radius 1 is 1.15 bits per heavy atom. The quantitative estimate of drug-likeness (QED) is 0.655. The Balaban J connectivity index is 2.55.